The van der Waals surface area contributed by atoms with E-state index in [-0.39, 0.29) is 12.0 Å². The molecule has 0 aromatic carbocycles. The summed E-state index contributed by atoms with van der Waals surface area (Å²) < 4.78 is 5.31. The summed E-state index contributed by atoms with van der Waals surface area (Å²) in [5, 5.41) is 0. The molecule has 2 unspecified atom stereocenters. The molecule has 1 saturated heterocycles. The molecule has 1 fully saturated rings. The van der Waals surface area contributed by atoms with Gasteiger partial charge in [0.2, 0.25) is 5.91 Å². The minimum Gasteiger partial charge on any atom is -0.380 e. The van der Waals surface area contributed by atoms with Crippen LogP contribution in [0.15, 0.2) is 0 Å². The van der Waals surface area contributed by atoms with Crippen molar-refractivity contribution in [3.8, 4) is 0 Å². The number of rotatable bonds is 5. The van der Waals surface area contributed by atoms with E-state index in [1.807, 2.05) is 4.90 Å². The highest BCUT2D eigenvalue weighted by Gasteiger charge is 2.24. The van der Waals surface area contributed by atoms with Crippen LogP contribution in [0.5, 0.6) is 0 Å². The van der Waals surface area contributed by atoms with Crippen molar-refractivity contribution in [3.63, 3.8) is 0 Å². The molecule has 0 spiro atoms. The van der Waals surface area contributed by atoms with Crippen LogP contribution in [-0.4, -0.2) is 43.7 Å². The van der Waals surface area contributed by atoms with Crippen molar-refractivity contribution in [1.82, 2.24) is 4.90 Å². The lowest BCUT2D eigenvalue weighted by Crippen LogP contribution is -2.43. The largest absolute Gasteiger partial charge is 0.380 e. The molecule has 0 aromatic heterocycles. The third-order valence-electron chi connectivity index (χ3n) is 3.44. The summed E-state index contributed by atoms with van der Waals surface area (Å²) in [5.41, 5.74) is 5.62. The lowest BCUT2D eigenvalue weighted by molar-refractivity contribution is -0.135. The Morgan fingerprint density at radius 3 is 2.94 bits per heavy atom. The molecule has 16 heavy (non-hydrogen) atoms. The van der Waals surface area contributed by atoms with Crippen LogP contribution in [0.4, 0.5) is 0 Å². The van der Waals surface area contributed by atoms with Gasteiger partial charge in [-0.1, -0.05) is 13.3 Å². The maximum atomic E-state index is 12.0. The fourth-order valence-electron chi connectivity index (χ4n) is 2.13. The van der Waals surface area contributed by atoms with Crippen LogP contribution in [-0.2, 0) is 9.53 Å². The first-order chi connectivity index (χ1) is 7.71. The van der Waals surface area contributed by atoms with Crippen molar-refractivity contribution >= 4 is 5.91 Å². The number of nitrogens with two attached hydrogens (primary N) is 1. The van der Waals surface area contributed by atoms with Gasteiger partial charge in [0.05, 0.1) is 6.10 Å². The summed E-state index contributed by atoms with van der Waals surface area (Å²) in [4.78, 5) is 13.9. The fourth-order valence-corrected chi connectivity index (χ4v) is 2.13. The Bertz CT molecular complexity index is 217. The summed E-state index contributed by atoms with van der Waals surface area (Å²) in [7, 11) is 1.72. The van der Waals surface area contributed by atoms with E-state index in [1.54, 1.807) is 7.11 Å². The number of carbonyl (C=O) groups excluding carboxylic acids is 1. The second kappa shape index (κ2) is 6.86. The van der Waals surface area contributed by atoms with Crippen molar-refractivity contribution in [2.24, 2.45) is 11.7 Å². The van der Waals surface area contributed by atoms with Gasteiger partial charge in [-0.3, -0.25) is 4.79 Å². The van der Waals surface area contributed by atoms with E-state index in [1.165, 1.54) is 0 Å². The third-order valence-corrected chi connectivity index (χ3v) is 3.44. The minimum atomic E-state index is 0.218. The lowest BCUT2D eigenvalue weighted by atomic mass is 10.0. The predicted molar refractivity (Wildman–Crippen MR) is 64.1 cm³/mol. The van der Waals surface area contributed by atoms with Crippen molar-refractivity contribution < 1.29 is 9.53 Å². The number of piperidine rings is 1. The van der Waals surface area contributed by atoms with Crippen LogP contribution in [0.1, 0.15) is 32.6 Å². The van der Waals surface area contributed by atoms with Gasteiger partial charge < -0.3 is 15.4 Å². The van der Waals surface area contributed by atoms with Crippen LogP contribution in [0, 0.1) is 5.92 Å². The SMILES string of the molecule is CCC(CN)CC(=O)N1CCCC(OC)C1. The molecule has 0 radical (unpaired) electrons. The van der Waals surface area contributed by atoms with Gasteiger partial charge in [0.25, 0.3) is 0 Å². The number of nitrogens with zero attached hydrogens (tertiary/aromatic N) is 1. The second-order valence-corrected chi connectivity index (χ2v) is 4.55. The van der Waals surface area contributed by atoms with Crippen molar-refractivity contribution in [3.05, 3.63) is 0 Å². The molecule has 94 valence electrons. The molecule has 1 aliphatic rings. The van der Waals surface area contributed by atoms with Crippen LogP contribution in [0.2, 0.25) is 0 Å². The molecule has 1 aliphatic heterocycles. The Balaban J connectivity index is 2.40. The maximum absolute atomic E-state index is 12.0. The van der Waals surface area contributed by atoms with Gasteiger partial charge in [-0.25, -0.2) is 0 Å². The van der Waals surface area contributed by atoms with Crippen LogP contribution in [0.25, 0.3) is 0 Å². The van der Waals surface area contributed by atoms with Crippen LogP contribution < -0.4 is 5.73 Å². The quantitative estimate of drug-likeness (QED) is 0.763. The minimum absolute atomic E-state index is 0.218. The molecule has 2 atom stereocenters. The Morgan fingerprint density at radius 2 is 2.38 bits per heavy atom. The first-order valence-corrected chi connectivity index (χ1v) is 6.21. The predicted octanol–water partition coefficient (Wildman–Crippen LogP) is 0.999. The monoisotopic (exact) mass is 228 g/mol. The molecule has 0 saturated carbocycles. The second-order valence-electron chi connectivity index (χ2n) is 4.55. The highest BCUT2D eigenvalue weighted by molar-refractivity contribution is 5.76. The number of methoxy groups -OCH3 is 1. The normalized spacial score (nSPS) is 23.2. The molecule has 1 heterocycles. The zero-order valence-electron chi connectivity index (χ0n) is 10.4. The highest BCUT2D eigenvalue weighted by Crippen LogP contribution is 2.16. The van der Waals surface area contributed by atoms with Gasteiger partial charge in [0.1, 0.15) is 0 Å². The zero-order valence-corrected chi connectivity index (χ0v) is 10.4. The van der Waals surface area contributed by atoms with Crippen LogP contribution >= 0.6 is 0 Å². The van der Waals surface area contributed by atoms with Gasteiger partial charge in [0, 0.05) is 26.6 Å². The average Bonchev–Trinajstić information content (AvgIpc) is 2.35. The van der Waals surface area contributed by atoms with Gasteiger partial charge in [-0.15, -0.1) is 0 Å². The average molecular weight is 228 g/mol. The van der Waals surface area contributed by atoms with E-state index < -0.39 is 0 Å². The van der Waals surface area contributed by atoms with E-state index in [4.69, 9.17) is 10.5 Å². The van der Waals surface area contributed by atoms with Crippen LogP contribution in [0.3, 0.4) is 0 Å². The molecule has 1 rings (SSSR count). The number of hydrogen-bond acceptors (Lipinski definition) is 3. The standard InChI is InChI=1S/C12H24N2O2/c1-3-10(8-13)7-12(15)14-6-4-5-11(9-14)16-2/h10-11H,3-9,13H2,1-2H3. The lowest BCUT2D eigenvalue weighted by Gasteiger charge is -2.32. The fraction of sp³-hybridized carbons (Fsp3) is 0.917. The zero-order chi connectivity index (χ0) is 12.0. The van der Waals surface area contributed by atoms with E-state index in [2.05, 4.69) is 6.92 Å². The van der Waals surface area contributed by atoms with Gasteiger partial charge >= 0.3 is 0 Å². The third kappa shape index (κ3) is 3.76. The number of amides is 1. The van der Waals surface area contributed by atoms with Gasteiger partial charge in [-0.05, 0) is 25.3 Å². The molecule has 2 N–H and O–H groups in total. The Morgan fingerprint density at radius 1 is 1.62 bits per heavy atom. The number of likely N-dealkylation sites (tertiary alicyclic amines) is 1. The molecule has 4 heteroatoms. The van der Waals surface area contributed by atoms with E-state index in [0.29, 0.717) is 18.9 Å². The maximum Gasteiger partial charge on any atom is 0.222 e. The smallest absolute Gasteiger partial charge is 0.222 e. The summed E-state index contributed by atoms with van der Waals surface area (Å²) in [6.45, 7) is 4.30. The summed E-state index contributed by atoms with van der Waals surface area (Å²) in [5.74, 6) is 0.564. The molecule has 0 aliphatic carbocycles. The van der Waals surface area contributed by atoms with E-state index in [9.17, 15) is 4.79 Å². The molecule has 0 aromatic rings. The van der Waals surface area contributed by atoms with Crippen molar-refractivity contribution in [2.75, 3.05) is 26.7 Å². The summed E-state index contributed by atoms with van der Waals surface area (Å²) >= 11 is 0. The van der Waals surface area contributed by atoms with Gasteiger partial charge in [-0.2, -0.15) is 0 Å². The van der Waals surface area contributed by atoms with Crippen molar-refractivity contribution in [1.29, 1.82) is 0 Å². The first-order valence-electron chi connectivity index (χ1n) is 6.21. The molecular weight excluding hydrogens is 204 g/mol. The Labute approximate surface area is 98.1 Å². The number of carbonyl (C=O) groups is 1. The Hall–Kier alpha value is -0.610. The molecule has 4 nitrogen and oxygen atoms in total. The van der Waals surface area contributed by atoms with E-state index >= 15 is 0 Å². The molecule has 0 bridgehead atoms. The van der Waals surface area contributed by atoms with Gasteiger partial charge in [0.15, 0.2) is 0 Å². The topological polar surface area (TPSA) is 55.6 Å². The molecule has 1 amide bonds. The number of ether oxygens (including phenoxy) is 1. The highest BCUT2D eigenvalue weighted by atomic mass is 16.5. The van der Waals surface area contributed by atoms with E-state index in [0.717, 1.165) is 32.4 Å². The first kappa shape index (κ1) is 13.5. The number of hydrogen-bond donors (Lipinski definition) is 1. The van der Waals surface area contributed by atoms with Crippen molar-refractivity contribution in [2.45, 2.75) is 38.7 Å². The summed E-state index contributed by atoms with van der Waals surface area (Å²) in [6.07, 6.45) is 3.89. The Kier molecular flexibility index (Phi) is 5.77. The molecular formula is C12H24N2O2. The summed E-state index contributed by atoms with van der Waals surface area (Å²) in [6, 6.07) is 0.